The Kier molecular flexibility index (Phi) is 6.95. The third-order valence-corrected chi connectivity index (χ3v) is 6.85. The molecule has 0 spiro atoms. The van der Waals surface area contributed by atoms with Crippen LogP contribution in [0.15, 0.2) is 59.5 Å². The Bertz CT molecular complexity index is 876. The van der Waals surface area contributed by atoms with E-state index in [1.165, 1.54) is 23.5 Å². The summed E-state index contributed by atoms with van der Waals surface area (Å²) in [6, 6.07) is 15.0. The number of carbonyl (C=O) groups is 1. The molecule has 5 nitrogen and oxygen atoms in total. The van der Waals surface area contributed by atoms with Crippen LogP contribution in [0.2, 0.25) is 0 Å². The number of benzene rings is 2. The van der Waals surface area contributed by atoms with Crippen molar-refractivity contribution < 1.29 is 13.2 Å². The molecular formula is C20H26N2O3S2. The zero-order valence-electron chi connectivity index (χ0n) is 16.1. The van der Waals surface area contributed by atoms with Gasteiger partial charge in [-0.05, 0) is 30.3 Å². The van der Waals surface area contributed by atoms with Gasteiger partial charge in [-0.2, -0.15) is 11.8 Å². The van der Waals surface area contributed by atoms with Crippen molar-refractivity contribution in [3.8, 4) is 0 Å². The van der Waals surface area contributed by atoms with Gasteiger partial charge in [-0.3, -0.25) is 9.10 Å². The number of nitrogens with one attached hydrogen (secondary N) is 1. The highest BCUT2D eigenvalue weighted by Crippen LogP contribution is 2.23. The van der Waals surface area contributed by atoms with E-state index < -0.39 is 10.0 Å². The highest BCUT2D eigenvalue weighted by Gasteiger charge is 2.22. The van der Waals surface area contributed by atoms with Gasteiger partial charge in [0.05, 0.1) is 10.6 Å². The van der Waals surface area contributed by atoms with Crippen LogP contribution in [0.1, 0.15) is 31.1 Å². The summed E-state index contributed by atoms with van der Waals surface area (Å²) in [7, 11) is -2.24. The van der Waals surface area contributed by atoms with Crippen LogP contribution >= 0.6 is 11.8 Å². The lowest BCUT2D eigenvalue weighted by Gasteiger charge is -2.20. The van der Waals surface area contributed by atoms with Crippen LogP contribution in [0, 0.1) is 0 Å². The van der Waals surface area contributed by atoms with Crippen LogP contribution < -0.4 is 9.62 Å². The van der Waals surface area contributed by atoms with Crippen molar-refractivity contribution >= 4 is 33.4 Å². The van der Waals surface area contributed by atoms with Crippen LogP contribution in [0.25, 0.3) is 0 Å². The first-order chi connectivity index (χ1) is 12.6. The summed E-state index contributed by atoms with van der Waals surface area (Å²) < 4.78 is 27.1. The number of rotatable bonds is 7. The molecule has 1 N–H and O–H groups in total. The predicted molar refractivity (Wildman–Crippen MR) is 113 cm³/mol. The number of carbonyl (C=O) groups excluding carboxylic acids is 1. The van der Waals surface area contributed by atoms with Gasteiger partial charge in [-0.15, -0.1) is 0 Å². The minimum absolute atomic E-state index is 0.0885. The van der Waals surface area contributed by atoms with E-state index in [1.54, 1.807) is 48.2 Å². The summed E-state index contributed by atoms with van der Waals surface area (Å²) in [5.74, 6) is 0.521. The molecule has 0 heterocycles. The summed E-state index contributed by atoms with van der Waals surface area (Å²) >= 11 is 1.76. The second-order valence-corrected chi connectivity index (χ2v) is 10.9. The number of hydrogen-bond acceptors (Lipinski definition) is 4. The van der Waals surface area contributed by atoms with Crippen molar-refractivity contribution in [2.24, 2.45) is 0 Å². The van der Waals surface area contributed by atoms with E-state index in [0.717, 1.165) is 5.75 Å². The molecular weight excluding hydrogens is 380 g/mol. The summed E-state index contributed by atoms with van der Waals surface area (Å²) in [6.45, 7) is 6.90. The number of para-hydroxylation sites is 1. The van der Waals surface area contributed by atoms with E-state index in [2.05, 4.69) is 26.1 Å². The average Bonchev–Trinajstić information content (AvgIpc) is 2.64. The fourth-order valence-electron chi connectivity index (χ4n) is 2.36. The Labute approximate surface area is 166 Å². The van der Waals surface area contributed by atoms with Crippen molar-refractivity contribution in [3.05, 3.63) is 60.2 Å². The lowest BCUT2D eigenvalue weighted by atomic mass is 10.2. The number of sulfonamides is 1. The third-order valence-electron chi connectivity index (χ3n) is 3.80. The second kappa shape index (κ2) is 8.80. The molecule has 0 saturated carbocycles. The fraction of sp³-hybridized carbons (Fsp3) is 0.350. The Hall–Kier alpha value is -1.99. The van der Waals surface area contributed by atoms with Crippen LogP contribution in [0.5, 0.6) is 0 Å². The van der Waals surface area contributed by atoms with Crippen molar-refractivity contribution in [1.29, 1.82) is 0 Å². The molecule has 2 aromatic carbocycles. The molecule has 0 aliphatic rings. The zero-order valence-corrected chi connectivity index (χ0v) is 17.7. The molecule has 0 radical (unpaired) electrons. The van der Waals surface area contributed by atoms with Gasteiger partial charge in [0, 0.05) is 29.7 Å². The van der Waals surface area contributed by atoms with E-state index in [-0.39, 0.29) is 15.5 Å². The van der Waals surface area contributed by atoms with Gasteiger partial charge in [0.1, 0.15) is 0 Å². The Morgan fingerprint density at radius 3 is 2.37 bits per heavy atom. The monoisotopic (exact) mass is 406 g/mol. The van der Waals surface area contributed by atoms with Gasteiger partial charge in [0.2, 0.25) is 0 Å². The van der Waals surface area contributed by atoms with Crippen LogP contribution in [-0.4, -0.2) is 38.4 Å². The Morgan fingerprint density at radius 2 is 1.74 bits per heavy atom. The maximum absolute atomic E-state index is 12.9. The van der Waals surface area contributed by atoms with Crippen LogP contribution in [0.4, 0.5) is 5.69 Å². The molecule has 2 aromatic rings. The van der Waals surface area contributed by atoms with Gasteiger partial charge >= 0.3 is 0 Å². The van der Waals surface area contributed by atoms with Crippen molar-refractivity contribution in [2.75, 3.05) is 23.7 Å². The Morgan fingerprint density at radius 1 is 1.07 bits per heavy atom. The minimum Gasteiger partial charge on any atom is -0.351 e. The smallest absolute Gasteiger partial charge is 0.264 e. The number of anilines is 1. The molecule has 1 amide bonds. The van der Waals surface area contributed by atoms with Gasteiger partial charge in [-0.25, -0.2) is 8.42 Å². The van der Waals surface area contributed by atoms with E-state index >= 15 is 0 Å². The molecule has 0 fully saturated rings. The number of amides is 1. The largest absolute Gasteiger partial charge is 0.351 e. The molecule has 0 aromatic heterocycles. The first-order valence-corrected chi connectivity index (χ1v) is 11.1. The third kappa shape index (κ3) is 6.01. The summed E-state index contributed by atoms with van der Waals surface area (Å²) in [5, 5.41) is 2.84. The number of hydrogen-bond donors (Lipinski definition) is 1. The van der Waals surface area contributed by atoms with E-state index in [1.807, 2.05) is 6.07 Å². The first-order valence-electron chi connectivity index (χ1n) is 8.67. The summed E-state index contributed by atoms with van der Waals surface area (Å²) in [5.41, 5.74) is 0.893. The standard InChI is InChI=1S/C20H26N2O3S2/c1-20(2,3)26-14-13-21-19(23)16-9-8-12-18(15-16)27(24,25)22(4)17-10-6-5-7-11-17/h5-12,15H,13-14H2,1-4H3,(H,21,23). The number of thioether (sulfide) groups is 1. The van der Waals surface area contributed by atoms with E-state index in [9.17, 15) is 13.2 Å². The van der Waals surface area contributed by atoms with Gasteiger partial charge in [-0.1, -0.05) is 45.0 Å². The zero-order chi connectivity index (χ0) is 20.1. The molecule has 0 aliphatic carbocycles. The lowest BCUT2D eigenvalue weighted by Crippen LogP contribution is -2.28. The van der Waals surface area contributed by atoms with Crippen LogP contribution in [0.3, 0.4) is 0 Å². The quantitative estimate of drug-likeness (QED) is 0.711. The van der Waals surface area contributed by atoms with Gasteiger partial charge < -0.3 is 5.32 Å². The average molecular weight is 407 g/mol. The van der Waals surface area contributed by atoms with Crippen LogP contribution in [-0.2, 0) is 10.0 Å². The predicted octanol–water partition coefficient (Wildman–Crippen LogP) is 3.77. The molecule has 146 valence electrons. The van der Waals surface area contributed by atoms with Gasteiger partial charge in [0.15, 0.2) is 0 Å². The molecule has 0 aliphatic heterocycles. The van der Waals surface area contributed by atoms with Crippen molar-refractivity contribution in [2.45, 2.75) is 30.4 Å². The van der Waals surface area contributed by atoms with Gasteiger partial charge in [0.25, 0.3) is 15.9 Å². The molecule has 27 heavy (non-hydrogen) atoms. The molecule has 0 bridgehead atoms. The fourth-order valence-corrected chi connectivity index (χ4v) is 4.41. The highest BCUT2D eigenvalue weighted by molar-refractivity contribution is 8.00. The lowest BCUT2D eigenvalue weighted by molar-refractivity contribution is 0.0956. The summed E-state index contributed by atoms with van der Waals surface area (Å²) in [4.78, 5) is 12.4. The summed E-state index contributed by atoms with van der Waals surface area (Å²) in [6.07, 6.45) is 0. The Balaban J connectivity index is 2.11. The first kappa shape index (κ1) is 21.3. The van der Waals surface area contributed by atoms with E-state index in [0.29, 0.717) is 17.8 Å². The maximum Gasteiger partial charge on any atom is 0.264 e. The number of nitrogens with zero attached hydrogens (tertiary/aromatic N) is 1. The normalized spacial score (nSPS) is 11.9. The molecule has 0 atom stereocenters. The van der Waals surface area contributed by atoms with E-state index in [4.69, 9.17) is 0 Å². The molecule has 7 heteroatoms. The highest BCUT2D eigenvalue weighted by atomic mass is 32.2. The van der Waals surface area contributed by atoms with Crippen molar-refractivity contribution in [1.82, 2.24) is 5.32 Å². The topological polar surface area (TPSA) is 66.5 Å². The molecule has 2 rings (SSSR count). The molecule has 0 saturated heterocycles. The SMILES string of the molecule is CN(c1ccccc1)S(=O)(=O)c1cccc(C(=O)NCCSC(C)(C)C)c1. The molecule has 0 unspecified atom stereocenters. The minimum atomic E-state index is -3.74. The second-order valence-electron chi connectivity index (χ2n) is 7.05. The maximum atomic E-state index is 12.9. The van der Waals surface area contributed by atoms with Crippen molar-refractivity contribution in [3.63, 3.8) is 0 Å².